The quantitative estimate of drug-likeness (QED) is 0.679. The SMILES string of the molecule is COCC1C2CNCC2CN1COC. The van der Waals surface area contributed by atoms with Gasteiger partial charge in [-0.25, -0.2) is 0 Å². The van der Waals surface area contributed by atoms with Crippen LogP contribution < -0.4 is 5.32 Å². The molecule has 0 bridgehead atoms. The molecule has 2 fully saturated rings. The first-order chi connectivity index (χ1) is 6.86. The summed E-state index contributed by atoms with van der Waals surface area (Å²) < 4.78 is 10.5. The van der Waals surface area contributed by atoms with Crippen LogP contribution in [0.2, 0.25) is 0 Å². The van der Waals surface area contributed by atoms with Crippen LogP contribution in [-0.4, -0.2) is 58.1 Å². The third-order valence-electron chi connectivity index (χ3n) is 3.46. The average molecular weight is 200 g/mol. The van der Waals surface area contributed by atoms with Gasteiger partial charge in [-0.2, -0.15) is 0 Å². The number of nitrogens with zero attached hydrogens (tertiary/aromatic N) is 1. The van der Waals surface area contributed by atoms with Crippen molar-refractivity contribution in [2.24, 2.45) is 11.8 Å². The van der Waals surface area contributed by atoms with E-state index in [4.69, 9.17) is 9.47 Å². The number of fused-ring (bicyclic) bond motifs is 1. The molecule has 0 spiro atoms. The Hall–Kier alpha value is -0.160. The van der Waals surface area contributed by atoms with Gasteiger partial charge in [0.25, 0.3) is 0 Å². The summed E-state index contributed by atoms with van der Waals surface area (Å²) in [4.78, 5) is 2.40. The van der Waals surface area contributed by atoms with Crippen molar-refractivity contribution in [1.29, 1.82) is 0 Å². The zero-order valence-corrected chi connectivity index (χ0v) is 9.03. The highest BCUT2D eigenvalue weighted by molar-refractivity contribution is 4.97. The van der Waals surface area contributed by atoms with Crippen molar-refractivity contribution in [2.45, 2.75) is 6.04 Å². The molecule has 1 N–H and O–H groups in total. The van der Waals surface area contributed by atoms with Crippen LogP contribution in [0.1, 0.15) is 0 Å². The maximum Gasteiger partial charge on any atom is 0.0989 e. The third kappa shape index (κ3) is 1.80. The predicted molar refractivity (Wildman–Crippen MR) is 54.1 cm³/mol. The first kappa shape index (κ1) is 10.4. The maximum atomic E-state index is 5.29. The Bertz CT molecular complexity index is 189. The lowest BCUT2D eigenvalue weighted by molar-refractivity contribution is 0.0176. The van der Waals surface area contributed by atoms with E-state index in [0.717, 1.165) is 44.8 Å². The molecule has 0 aliphatic carbocycles. The van der Waals surface area contributed by atoms with Gasteiger partial charge in [0, 0.05) is 26.8 Å². The van der Waals surface area contributed by atoms with E-state index in [1.165, 1.54) is 0 Å². The molecular formula is C10H20N2O2. The molecule has 2 aliphatic heterocycles. The zero-order valence-electron chi connectivity index (χ0n) is 9.03. The van der Waals surface area contributed by atoms with E-state index in [9.17, 15) is 0 Å². The molecule has 0 radical (unpaired) electrons. The number of nitrogens with one attached hydrogen (secondary N) is 1. The monoisotopic (exact) mass is 200 g/mol. The van der Waals surface area contributed by atoms with E-state index in [0.29, 0.717) is 6.04 Å². The van der Waals surface area contributed by atoms with Gasteiger partial charge >= 0.3 is 0 Å². The summed E-state index contributed by atoms with van der Waals surface area (Å²) in [6, 6.07) is 0.542. The fourth-order valence-electron chi connectivity index (χ4n) is 2.83. The smallest absolute Gasteiger partial charge is 0.0989 e. The van der Waals surface area contributed by atoms with Crippen molar-refractivity contribution in [1.82, 2.24) is 10.2 Å². The van der Waals surface area contributed by atoms with E-state index in [1.54, 1.807) is 14.2 Å². The van der Waals surface area contributed by atoms with E-state index in [1.807, 2.05) is 0 Å². The largest absolute Gasteiger partial charge is 0.383 e. The van der Waals surface area contributed by atoms with Gasteiger partial charge in [-0.15, -0.1) is 0 Å². The number of hydrogen-bond donors (Lipinski definition) is 1. The Kier molecular flexibility index (Phi) is 3.38. The van der Waals surface area contributed by atoms with Gasteiger partial charge < -0.3 is 14.8 Å². The van der Waals surface area contributed by atoms with Crippen LogP contribution in [0, 0.1) is 11.8 Å². The van der Waals surface area contributed by atoms with E-state index in [2.05, 4.69) is 10.2 Å². The molecule has 4 heteroatoms. The second-order valence-electron chi connectivity index (χ2n) is 4.29. The summed E-state index contributed by atoms with van der Waals surface area (Å²) in [5.41, 5.74) is 0. The lowest BCUT2D eigenvalue weighted by Gasteiger charge is -2.26. The van der Waals surface area contributed by atoms with Crippen LogP contribution in [0.3, 0.4) is 0 Å². The van der Waals surface area contributed by atoms with E-state index < -0.39 is 0 Å². The first-order valence-electron chi connectivity index (χ1n) is 5.29. The van der Waals surface area contributed by atoms with Crippen LogP contribution in [0.25, 0.3) is 0 Å². The van der Waals surface area contributed by atoms with Crippen LogP contribution in [0.4, 0.5) is 0 Å². The molecular weight excluding hydrogens is 180 g/mol. The summed E-state index contributed by atoms with van der Waals surface area (Å²) >= 11 is 0. The Morgan fingerprint density at radius 1 is 1.29 bits per heavy atom. The molecule has 4 nitrogen and oxygen atoms in total. The maximum absolute atomic E-state index is 5.29. The number of ether oxygens (including phenoxy) is 2. The highest BCUT2D eigenvalue weighted by Crippen LogP contribution is 2.32. The minimum absolute atomic E-state index is 0.542. The standard InChI is InChI=1S/C10H20N2O2/c1-13-6-10-9-4-11-3-8(9)5-12(10)7-14-2/h8-11H,3-7H2,1-2H3. The minimum Gasteiger partial charge on any atom is -0.383 e. The molecule has 0 saturated carbocycles. The van der Waals surface area contributed by atoms with E-state index >= 15 is 0 Å². The van der Waals surface area contributed by atoms with Gasteiger partial charge in [-0.1, -0.05) is 0 Å². The summed E-state index contributed by atoms with van der Waals surface area (Å²) in [6.07, 6.45) is 0. The van der Waals surface area contributed by atoms with Crippen molar-refractivity contribution < 1.29 is 9.47 Å². The highest BCUT2D eigenvalue weighted by atomic mass is 16.5. The summed E-state index contributed by atoms with van der Waals surface area (Å²) in [5.74, 6) is 1.55. The molecule has 3 atom stereocenters. The van der Waals surface area contributed by atoms with Crippen LogP contribution in [0.5, 0.6) is 0 Å². The molecule has 3 unspecified atom stereocenters. The number of likely N-dealkylation sites (tertiary alicyclic amines) is 1. The highest BCUT2D eigenvalue weighted by Gasteiger charge is 2.43. The van der Waals surface area contributed by atoms with Gasteiger partial charge in [0.05, 0.1) is 13.3 Å². The van der Waals surface area contributed by atoms with Crippen molar-refractivity contribution in [2.75, 3.05) is 47.2 Å². The van der Waals surface area contributed by atoms with Crippen LogP contribution in [0.15, 0.2) is 0 Å². The summed E-state index contributed by atoms with van der Waals surface area (Å²) in [7, 11) is 3.54. The Labute approximate surface area is 85.5 Å². The van der Waals surface area contributed by atoms with Crippen LogP contribution in [-0.2, 0) is 9.47 Å². The molecule has 2 rings (SSSR count). The number of rotatable bonds is 4. The third-order valence-corrected chi connectivity index (χ3v) is 3.46. The second kappa shape index (κ2) is 4.57. The molecule has 14 heavy (non-hydrogen) atoms. The van der Waals surface area contributed by atoms with Gasteiger partial charge in [-0.05, 0) is 24.9 Å². The summed E-state index contributed by atoms with van der Waals surface area (Å²) in [6.45, 7) is 5.01. The van der Waals surface area contributed by atoms with Crippen molar-refractivity contribution in [3.05, 3.63) is 0 Å². The molecule has 82 valence electrons. The van der Waals surface area contributed by atoms with Gasteiger partial charge in [0.2, 0.25) is 0 Å². The topological polar surface area (TPSA) is 33.7 Å². The molecule has 2 saturated heterocycles. The lowest BCUT2D eigenvalue weighted by atomic mass is 9.95. The van der Waals surface area contributed by atoms with Crippen LogP contribution >= 0.6 is 0 Å². The van der Waals surface area contributed by atoms with Crippen molar-refractivity contribution >= 4 is 0 Å². The molecule has 2 aliphatic rings. The second-order valence-corrected chi connectivity index (χ2v) is 4.29. The van der Waals surface area contributed by atoms with Gasteiger partial charge in [0.1, 0.15) is 0 Å². The van der Waals surface area contributed by atoms with E-state index in [-0.39, 0.29) is 0 Å². The number of methoxy groups -OCH3 is 2. The normalized spacial score (nSPS) is 37.7. The Morgan fingerprint density at radius 2 is 2.14 bits per heavy atom. The zero-order chi connectivity index (χ0) is 9.97. The lowest BCUT2D eigenvalue weighted by Crippen LogP contribution is -2.39. The van der Waals surface area contributed by atoms with Gasteiger partial charge in [-0.3, -0.25) is 4.90 Å². The molecule has 0 aromatic rings. The number of hydrogen-bond acceptors (Lipinski definition) is 4. The van der Waals surface area contributed by atoms with Crippen molar-refractivity contribution in [3.63, 3.8) is 0 Å². The van der Waals surface area contributed by atoms with Gasteiger partial charge in [0.15, 0.2) is 0 Å². The molecule has 0 aromatic heterocycles. The fraction of sp³-hybridized carbons (Fsp3) is 1.00. The molecule has 2 heterocycles. The predicted octanol–water partition coefficient (Wildman–Crippen LogP) is -0.243. The van der Waals surface area contributed by atoms with Crippen molar-refractivity contribution in [3.8, 4) is 0 Å². The fourth-order valence-corrected chi connectivity index (χ4v) is 2.83. The first-order valence-corrected chi connectivity index (χ1v) is 5.29. The minimum atomic E-state index is 0.542. The Balaban J connectivity index is 1.98. The average Bonchev–Trinajstić information content (AvgIpc) is 2.71. The summed E-state index contributed by atoms with van der Waals surface area (Å²) in [5, 5.41) is 3.45. The Morgan fingerprint density at radius 3 is 2.86 bits per heavy atom. The molecule has 0 aromatic carbocycles. The molecule has 0 amide bonds.